The lowest BCUT2D eigenvalue weighted by atomic mass is 9.78. The molecular weight excluding hydrogens is 415 g/mol. The minimum absolute atomic E-state index is 0.103. The highest BCUT2D eigenvalue weighted by molar-refractivity contribution is 6.62. The number of hydrogen-bond acceptors (Lipinski definition) is 5. The molecule has 0 spiro atoms. The molecule has 6 nitrogen and oxygen atoms in total. The van der Waals surface area contributed by atoms with Crippen molar-refractivity contribution in [2.75, 3.05) is 13.2 Å². The van der Waals surface area contributed by atoms with E-state index in [0.29, 0.717) is 12.1 Å². The topological polar surface area (TPSA) is 52.9 Å². The molecular formula is C26H39BN2O4. The van der Waals surface area contributed by atoms with Gasteiger partial charge in [0.1, 0.15) is 0 Å². The molecule has 7 heteroatoms. The van der Waals surface area contributed by atoms with Gasteiger partial charge in [-0.3, -0.25) is 9.69 Å². The SMILES string of the molecule is Cc1c(CN2[C@@H](C)COC[C@@H]2C)n(C(C)C)c2cc(B3OC(C)(C)C(C)(C)O3)ccc2c1=O. The van der Waals surface area contributed by atoms with E-state index in [1.165, 1.54) is 0 Å². The van der Waals surface area contributed by atoms with E-state index in [1.807, 2.05) is 19.1 Å². The monoisotopic (exact) mass is 454 g/mol. The van der Waals surface area contributed by atoms with Crippen molar-refractivity contribution in [1.29, 1.82) is 0 Å². The third-order valence-electron chi connectivity index (χ3n) is 7.81. The van der Waals surface area contributed by atoms with E-state index < -0.39 is 18.3 Å². The highest BCUT2D eigenvalue weighted by atomic mass is 16.7. The van der Waals surface area contributed by atoms with Crippen molar-refractivity contribution >= 4 is 23.5 Å². The number of aromatic nitrogens is 1. The lowest BCUT2D eigenvalue weighted by molar-refractivity contribution is -0.0420. The van der Waals surface area contributed by atoms with Gasteiger partial charge in [0.25, 0.3) is 0 Å². The van der Waals surface area contributed by atoms with Crippen LogP contribution in [0.2, 0.25) is 0 Å². The summed E-state index contributed by atoms with van der Waals surface area (Å²) in [6.45, 7) is 21.1. The molecule has 0 radical (unpaired) electrons. The molecule has 2 aromatic rings. The maximum atomic E-state index is 13.4. The molecule has 0 aliphatic carbocycles. The van der Waals surface area contributed by atoms with Crippen molar-refractivity contribution in [3.63, 3.8) is 0 Å². The number of morpholine rings is 1. The normalized spacial score (nSPS) is 25.3. The first-order valence-corrected chi connectivity index (χ1v) is 12.2. The second kappa shape index (κ2) is 8.53. The van der Waals surface area contributed by atoms with Crippen molar-refractivity contribution in [2.45, 2.75) is 98.2 Å². The van der Waals surface area contributed by atoms with Gasteiger partial charge < -0.3 is 18.6 Å². The van der Waals surface area contributed by atoms with Gasteiger partial charge in [0.15, 0.2) is 5.43 Å². The minimum atomic E-state index is -0.459. The summed E-state index contributed by atoms with van der Waals surface area (Å²) in [4.78, 5) is 15.9. The van der Waals surface area contributed by atoms with Gasteiger partial charge in [-0.1, -0.05) is 6.07 Å². The Morgan fingerprint density at radius 3 is 2.18 bits per heavy atom. The predicted molar refractivity (Wildman–Crippen MR) is 134 cm³/mol. The van der Waals surface area contributed by atoms with Gasteiger partial charge in [0.05, 0.1) is 29.9 Å². The highest BCUT2D eigenvalue weighted by Gasteiger charge is 2.51. The van der Waals surface area contributed by atoms with Crippen LogP contribution in [0.15, 0.2) is 23.0 Å². The molecule has 0 bridgehead atoms. The lowest BCUT2D eigenvalue weighted by Crippen LogP contribution is -2.49. The van der Waals surface area contributed by atoms with E-state index in [0.717, 1.165) is 47.4 Å². The summed E-state index contributed by atoms with van der Waals surface area (Å²) in [5.41, 5.74) is 3.07. The lowest BCUT2D eigenvalue weighted by Gasteiger charge is -2.39. The molecule has 0 saturated carbocycles. The van der Waals surface area contributed by atoms with Gasteiger partial charge in [0.2, 0.25) is 0 Å². The van der Waals surface area contributed by atoms with Crippen LogP contribution < -0.4 is 10.9 Å². The number of hydrogen-bond donors (Lipinski definition) is 0. The third-order valence-corrected chi connectivity index (χ3v) is 7.81. The van der Waals surface area contributed by atoms with E-state index in [2.05, 4.69) is 70.9 Å². The third kappa shape index (κ3) is 4.18. The molecule has 2 aliphatic rings. The molecule has 33 heavy (non-hydrogen) atoms. The molecule has 2 saturated heterocycles. The highest BCUT2D eigenvalue weighted by Crippen LogP contribution is 2.36. The first-order valence-electron chi connectivity index (χ1n) is 12.2. The quantitative estimate of drug-likeness (QED) is 0.658. The van der Waals surface area contributed by atoms with Gasteiger partial charge in [-0.25, -0.2) is 0 Å². The van der Waals surface area contributed by atoms with Crippen molar-refractivity contribution in [2.24, 2.45) is 0 Å². The summed E-state index contributed by atoms with van der Waals surface area (Å²) >= 11 is 0. The molecule has 0 N–H and O–H groups in total. The number of ether oxygens (including phenoxy) is 1. The maximum Gasteiger partial charge on any atom is 0.494 e. The van der Waals surface area contributed by atoms with Crippen LogP contribution in [0.5, 0.6) is 0 Å². The molecule has 4 rings (SSSR count). The molecule has 3 heterocycles. The molecule has 1 aromatic heterocycles. The van der Waals surface area contributed by atoms with Crippen LogP contribution in [0.4, 0.5) is 0 Å². The summed E-state index contributed by atoms with van der Waals surface area (Å²) in [7, 11) is -0.459. The second-order valence-corrected chi connectivity index (χ2v) is 11.1. The Hall–Kier alpha value is -1.67. The minimum Gasteiger partial charge on any atom is -0.399 e. The Morgan fingerprint density at radius 2 is 1.64 bits per heavy atom. The number of fused-ring (bicyclic) bond motifs is 1. The van der Waals surface area contributed by atoms with Crippen LogP contribution in [0.3, 0.4) is 0 Å². The van der Waals surface area contributed by atoms with Gasteiger partial charge in [-0.15, -0.1) is 0 Å². The number of benzene rings is 1. The van der Waals surface area contributed by atoms with Gasteiger partial charge >= 0.3 is 7.12 Å². The molecule has 2 atom stereocenters. The first kappa shape index (κ1) is 24.5. The Labute approximate surface area is 198 Å². The zero-order valence-corrected chi connectivity index (χ0v) is 21.7. The van der Waals surface area contributed by atoms with Crippen LogP contribution in [-0.2, 0) is 20.6 Å². The van der Waals surface area contributed by atoms with E-state index in [9.17, 15) is 4.79 Å². The average Bonchev–Trinajstić information content (AvgIpc) is 2.95. The largest absolute Gasteiger partial charge is 0.494 e. The van der Waals surface area contributed by atoms with Crippen LogP contribution in [-0.4, -0.2) is 53.1 Å². The van der Waals surface area contributed by atoms with Gasteiger partial charge in [0, 0.05) is 41.3 Å². The first-order chi connectivity index (χ1) is 15.3. The summed E-state index contributed by atoms with van der Waals surface area (Å²) in [5.74, 6) is 0. The summed E-state index contributed by atoms with van der Waals surface area (Å²) in [6, 6.07) is 6.80. The fraction of sp³-hybridized carbons (Fsp3) is 0.654. The molecule has 0 amide bonds. The smallest absolute Gasteiger partial charge is 0.399 e. The number of nitrogens with zero attached hydrogens (tertiary/aromatic N) is 2. The molecule has 0 unspecified atom stereocenters. The maximum absolute atomic E-state index is 13.4. The van der Waals surface area contributed by atoms with Crippen LogP contribution >= 0.6 is 0 Å². The summed E-state index contributed by atoms with van der Waals surface area (Å²) in [5, 5.41) is 0.744. The van der Waals surface area contributed by atoms with Crippen molar-refractivity contribution in [3.05, 3.63) is 39.7 Å². The predicted octanol–water partition coefficient (Wildman–Crippen LogP) is 3.80. The van der Waals surface area contributed by atoms with E-state index >= 15 is 0 Å². The Bertz CT molecular complexity index is 1080. The number of pyridine rings is 1. The van der Waals surface area contributed by atoms with Crippen molar-refractivity contribution in [3.8, 4) is 0 Å². The number of rotatable bonds is 4. The van der Waals surface area contributed by atoms with Crippen LogP contribution in [0.1, 0.15) is 72.7 Å². The summed E-state index contributed by atoms with van der Waals surface area (Å²) in [6.07, 6.45) is 0. The Morgan fingerprint density at radius 1 is 1.06 bits per heavy atom. The van der Waals surface area contributed by atoms with Gasteiger partial charge in [-0.2, -0.15) is 0 Å². The van der Waals surface area contributed by atoms with Crippen LogP contribution in [0, 0.1) is 6.92 Å². The van der Waals surface area contributed by atoms with Crippen molar-refractivity contribution in [1.82, 2.24) is 9.47 Å². The average molecular weight is 454 g/mol. The van der Waals surface area contributed by atoms with Crippen molar-refractivity contribution < 1.29 is 14.0 Å². The Balaban J connectivity index is 1.85. The van der Waals surface area contributed by atoms with Crippen LogP contribution in [0.25, 0.3) is 10.9 Å². The summed E-state index contributed by atoms with van der Waals surface area (Å²) < 4.78 is 20.7. The zero-order chi connectivity index (χ0) is 24.3. The van der Waals surface area contributed by atoms with E-state index in [1.54, 1.807) is 0 Å². The van der Waals surface area contributed by atoms with E-state index in [-0.39, 0.29) is 11.5 Å². The standard InChI is InChI=1S/C26H39BN2O4/c1-16(2)29-22-12-20(27-32-25(6,7)26(8,9)33-27)10-11-21(22)24(30)19(5)23(29)13-28-17(3)14-31-15-18(28)4/h10-12,16-18H,13-15H2,1-9H3/t17-,18-/m0/s1. The van der Waals surface area contributed by atoms with E-state index in [4.69, 9.17) is 14.0 Å². The molecule has 2 fully saturated rings. The zero-order valence-electron chi connectivity index (χ0n) is 21.7. The fourth-order valence-electron chi connectivity index (χ4n) is 5.03. The molecule has 2 aliphatic heterocycles. The Kier molecular flexibility index (Phi) is 6.32. The molecule has 180 valence electrons. The second-order valence-electron chi connectivity index (χ2n) is 11.1. The fourth-order valence-corrected chi connectivity index (χ4v) is 5.03. The molecule has 1 aromatic carbocycles. The van der Waals surface area contributed by atoms with Gasteiger partial charge in [-0.05, 0) is 79.9 Å².